The van der Waals surface area contributed by atoms with Crippen molar-refractivity contribution in [3.05, 3.63) is 41.8 Å². The Balaban J connectivity index is 1.45. The van der Waals surface area contributed by atoms with Gasteiger partial charge in [-0.15, -0.1) is 0 Å². The Bertz CT molecular complexity index is 844. The summed E-state index contributed by atoms with van der Waals surface area (Å²) in [6, 6.07) is 9.26. The molecule has 29 heavy (non-hydrogen) atoms. The third kappa shape index (κ3) is 3.36. The Morgan fingerprint density at radius 2 is 2.14 bits per heavy atom. The molecule has 0 aliphatic carbocycles. The number of benzene rings is 1. The van der Waals surface area contributed by atoms with Crippen molar-refractivity contribution in [1.29, 1.82) is 0 Å². The number of nitrogens with zero attached hydrogens (tertiary/aromatic N) is 2. The number of nitrogens with two attached hydrogens (primary N) is 1. The van der Waals surface area contributed by atoms with Gasteiger partial charge in [0, 0.05) is 0 Å². The summed E-state index contributed by atoms with van der Waals surface area (Å²) in [5.74, 6) is 1.13. The van der Waals surface area contributed by atoms with Crippen molar-refractivity contribution < 1.29 is 28.5 Å². The number of ether oxygens (including phenoxy) is 2. The first-order valence-electron chi connectivity index (χ1n) is 9.35. The van der Waals surface area contributed by atoms with E-state index in [1.807, 2.05) is 30.3 Å². The topological polar surface area (TPSA) is 143 Å². The predicted octanol–water partition coefficient (Wildman–Crippen LogP) is -2.12. The van der Waals surface area contributed by atoms with Crippen LogP contribution in [0.25, 0.3) is 0 Å². The number of para-hydroxylation sites is 1. The summed E-state index contributed by atoms with van der Waals surface area (Å²) in [6.45, 7) is 0.138. The van der Waals surface area contributed by atoms with Crippen molar-refractivity contribution >= 4 is 21.7 Å². The van der Waals surface area contributed by atoms with Crippen LogP contribution in [0.5, 0.6) is 5.75 Å². The molecule has 0 bridgehead atoms. The Hall–Kier alpha value is -1.92. The van der Waals surface area contributed by atoms with E-state index < -0.39 is 44.9 Å². The van der Waals surface area contributed by atoms with Crippen LogP contribution >= 0.6 is 7.82 Å². The Morgan fingerprint density at radius 1 is 1.34 bits per heavy atom. The number of hydrogen-bond acceptors (Lipinski definition) is 11. The third-order valence-corrected chi connectivity index (χ3v) is 6.63. The van der Waals surface area contributed by atoms with Gasteiger partial charge in [-0.3, -0.25) is 0 Å². The van der Waals surface area contributed by atoms with E-state index in [9.17, 15) is 10.00 Å². The minimum atomic E-state index is -3.29. The second-order valence-electron chi connectivity index (χ2n) is 7.32. The van der Waals surface area contributed by atoms with Crippen molar-refractivity contribution in [3.63, 3.8) is 0 Å². The first kappa shape index (κ1) is 19.1. The molecule has 0 spiro atoms. The molecule has 4 aliphatic heterocycles. The molecule has 6 atom stereocenters. The van der Waals surface area contributed by atoms with Gasteiger partial charge in [0.15, 0.2) is 0 Å². The van der Waals surface area contributed by atoms with Crippen LogP contribution in [0.2, 0.25) is 0 Å². The summed E-state index contributed by atoms with van der Waals surface area (Å²) in [7, 11) is -1.78. The van der Waals surface area contributed by atoms with Gasteiger partial charge >= 0.3 is 168 Å². The minimum absolute atomic E-state index is 0.138. The summed E-state index contributed by atoms with van der Waals surface area (Å²) < 4.78 is 23.2. The van der Waals surface area contributed by atoms with E-state index in [1.165, 1.54) is 13.9 Å². The van der Waals surface area contributed by atoms with Crippen LogP contribution in [0.15, 0.2) is 46.8 Å². The van der Waals surface area contributed by atoms with Gasteiger partial charge in [-0.2, -0.15) is 0 Å². The molecule has 0 amide bonds. The molecule has 156 valence electrons. The average Bonchev–Trinajstić information content (AvgIpc) is 3.20. The van der Waals surface area contributed by atoms with E-state index in [4.69, 9.17) is 24.3 Å². The third-order valence-electron chi connectivity index (χ3n) is 5.21. The molecule has 5 rings (SSSR count). The van der Waals surface area contributed by atoms with Gasteiger partial charge in [0.05, 0.1) is 0 Å². The predicted molar refractivity (Wildman–Crippen MR) is 107 cm³/mol. The normalized spacial score (nSPS) is 38.7. The van der Waals surface area contributed by atoms with E-state index >= 15 is 0 Å². The fourth-order valence-electron chi connectivity index (χ4n) is 3.86. The Morgan fingerprint density at radius 3 is 2.93 bits per heavy atom. The van der Waals surface area contributed by atoms with Crippen LogP contribution in [0.1, 0.15) is 0 Å². The molecule has 0 radical (unpaired) electrons. The number of aliphatic hydroxyl groups excluding tert-OH is 1. The zero-order chi connectivity index (χ0) is 20.2. The average molecular weight is 423 g/mol. The van der Waals surface area contributed by atoms with E-state index in [0.717, 1.165) is 0 Å². The van der Waals surface area contributed by atoms with Crippen LogP contribution in [-0.4, -0.2) is 72.5 Å². The molecule has 11 nitrogen and oxygen atoms in total. The first-order chi connectivity index (χ1) is 13.9. The van der Waals surface area contributed by atoms with E-state index in [2.05, 4.69) is 15.6 Å². The summed E-state index contributed by atoms with van der Waals surface area (Å²) in [4.78, 5) is 16.3. The van der Waals surface area contributed by atoms with Crippen LogP contribution in [0.3, 0.4) is 0 Å². The van der Waals surface area contributed by atoms with Gasteiger partial charge in [-0.1, -0.05) is 0 Å². The molecule has 0 saturated carbocycles. The van der Waals surface area contributed by atoms with Crippen molar-refractivity contribution in [3.8, 4) is 5.75 Å². The molecule has 1 aromatic carbocycles. The van der Waals surface area contributed by atoms with E-state index in [1.54, 1.807) is 4.90 Å². The van der Waals surface area contributed by atoms with Gasteiger partial charge in [-0.05, 0) is 0 Å². The van der Waals surface area contributed by atoms with Crippen LogP contribution in [-0.2, 0) is 13.8 Å². The van der Waals surface area contributed by atoms with Gasteiger partial charge in [0.1, 0.15) is 0 Å². The molecular formula is C16H23BN5O6P. The van der Waals surface area contributed by atoms with Crippen molar-refractivity contribution in [2.24, 2.45) is 10.7 Å². The number of rotatable bonds is 3. The molecule has 2 saturated heterocycles. The molecular weight excluding hydrogens is 400 g/mol. The van der Waals surface area contributed by atoms with Gasteiger partial charge in [0.25, 0.3) is 0 Å². The molecule has 6 N–H and O–H groups in total. The van der Waals surface area contributed by atoms with Crippen molar-refractivity contribution in [2.75, 3.05) is 6.61 Å². The van der Waals surface area contributed by atoms with Gasteiger partial charge in [-0.25, -0.2) is 0 Å². The number of hydrogen-bond donors (Lipinski definition) is 5. The fraction of sp³-hybridized carbons (Fsp3) is 0.438. The quantitative estimate of drug-likeness (QED) is 0.270. The number of aliphatic imine (C=N–C) groups is 1. The summed E-state index contributed by atoms with van der Waals surface area (Å²) in [5, 5.41) is 17.1. The van der Waals surface area contributed by atoms with E-state index in [-0.39, 0.29) is 6.61 Å². The molecule has 1 aromatic rings. The summed E-state index contributed by atoms with van der Waals surface area (Å²) in [6.07, 6.45) is -2.87. The Labute approximate surface area is 168 Å². The SMILES string of the molecule is B[PH]1(O)OCC2OC(N3C4=C(NC3Oc3ccccc3)C(N)NC=N4)C(O)[C@@H]2O1. The zero-order valence-electron chi connectivity index (χ0n) is 15.6. The fourth-order valence-corrected chi connectivity index (χ4v) is 5.20. The summed E-state index contributed by atoms with van der Waals surface area (Å²) in [5.41, 5.74) is 6.77. The first-order valence-corrected chi connectivity index (χ1v) is 11.6. The number of aliphatic hydroxyl groups is 1. The molecule has 5 unspecified atom stereocenters. The maximum atomic E-state index is 11.0. The van der Waals surface area contributed by atoms with Crippen LogP contribution < -0.4 is 21.1 Å². The monoisotopic (exact) mass is 423 g/mol. The Kier molecular flexibility index (Phi) is 4.67. The molecule has 4 heterocycles. The standard InChI is InChI=1S/C16H23BN5O6P/c17-29(24)25-6-9-12(28-29)11(23)15(27-9)22-14-10(13(18)19-7-20-14)21-16(22)26-8-4-2-1-3-5-8/h1-5,7,9,11-13,15-16,21,23-24,29H,6,17-18H2,(H,19,20)/t9?,11?,12-,13?,15?,16?/m1/s1. The maximum absolute atomic E-state index is 11.0. The van der Waals surface area contributed by atoms with E-state index in [0.29, 0.717) is 17.3 Å². The molecule has 0 aromatic heterocycles. The number of nitrogens with one attached hydrogen (secondary N) is 2. The second kappa shape index (κ2) is 7.10. The van der Waals surface area contributed by atoms with Gasteiger partial charge in [0.2, 0.25) is 0 Å². The van der Waals surface area contributed by atoms with Crippen molar-refractivity contribution in [1.82, 2.24) is 15.5 Å². The second-order valence-corrected chi connectivity index (χ2v) is 9.64. The van der Waals surface area contributed by atoms with Crippen LogP contribution in [0.4, 0.5) is 0 Å². The molecule has 2 fully saturated rings. The summed E-state index contributed by atoms with van der Waals surface area (Å²) >= 11 is 0. The van der Waals surface area contributed by atoms with Crippen LogP contribution in [0, 0.1) is 0 Å². The molecule has 4 aliphatic rings. The van der Waals surface area contributed by atoms with Gasteiger partial charge < -0.3 is 0 Å². The zero-order valence-corrected chi connectivity index (χ0v) is 16.6. The van der Waals surface area contributed by atoms with Crippen molar-refractivity contribution in [2.45, 2.75) is 37.1 Å². The molecule has 13 heteroatoms. The number of fused-ring (bicyclic) bond motifs is 1.